The minimum atomic E-state index is 0.500. The van der Waals surface area contributed by atoms with Crippen LogP contribution in [0, 0.1) is 13.8 Å². The Morgan fingerprint density at radius 2 is 2.04 bits per heavy atom. The number of anilines is 3. The first kappa shape index (κ1) is 16.6. The van der Waals surface area contributed by atoms with Gasteiger partial charge in [0, 0.05) is 31.9 Å². The molecule has 1 aliphatic heterocycles. The van der Waals surface area contributed by atoms with E-state index in [1.165, 1.54) is 5.56 Å². The van der Waals surface area contributed by atoms with Crippen molar-refractivity contribution in [2.24, 2.45) is 0 Å². The third-order valence-corrected chi connectivity index (χ3v) is 4.04. The zero-order valence-corrected chi connectivity index (χ0v) is 14.2. The van der Waals surface area contributed by atoms with E-state index in [0.29, 0.717) is 5.95 Å². The van der Waals surface area contributed by atoms with Crippen molar-refractivity contribution in [2.75, 3.05) is 50.0 Å². The number of rotatable bonds is 6. The number of aromatic nitrogens is 3. The van der Waals surface area contributed by atoms with Gasteiger partial charge in [-0.05, 0) is 31.0 Å². The molecule has 0 aliphatic carbocycles. The van der Waals surface area contributed by atoms with E-state index in [1.54, 1.807) is 6.20 Å². The maximum atomic E-state index is 5.35. The van der Waals surface area contributed by atoms with E-state index < -0.39 is 0 Å². The Kier molecular flexibility index (Phi) is 5.55. The molecule has 0 unspecified atom stereocenters. The molecular formula is C17H24N6O. The molecule has 7 nitrogen and oxygen atoms in total. The Hall–Kier alpha value is -2.25. The molecule has 7 heteroatoms. The normalized spacial score (nSPS) is 15.2. The first-order valence-electron chi connectivity index (χ1n) is 8.29. The Bertz CT molecular complexity index is 672. The summed E-state index contributed by atoms with van der Waals surface area (Å²) in [4.78, 5) is 6.86. The highest BCUT2D eigenvalue weighted by atomic mass is 16.5. The smallest absolute Gasteiger partial charge is 0.249 e. The number of benzene rings is 1. The first-order valence-corrected chi connectivity index (χ1v) is 8.29. The summed E-state index contributed by atoms with van der Waals surface area (Å²) in [6.45, 7) is 9.52. The van der Waals surface area contributed by atoms with E-state index in [2.05, 4.69) is 62.8 Å². The largest absolute Gasteiger partial charge is 0.379 e. The second kappa shape index (κ2) is 8.03. The maximum Gasteiger partial charge on any atom is 0.249 e. The summed E-state index contributed by atoms with van der Waals surface area (Å²) in [6, 6.07) is 6.25. The van der Waals surface area contributed by atoms with Gasteiger partial charge in [0.05, 0.1) is 19.4 Å². The van der Waals surface area contributed by atoms with Crippen LogP contribution < -0.4 is 10.6 Å². The molecule has 0 radical (unpaired) electrons. The quantitative estimate of drug-likeness (QED) is 0.839. The van der Waals surface area contributed by atoms with Crippen molar-refractivity contribution >= 4 is 17.5 Å². The average Bonchev–Trinajstić information content (AvgIpc) is 2.60. The van der Waals surface area contributed by atoms with Crippen molar-refractivity contribution in [1.82, 2.24) is 20.1 Å². The van der Waals surface area contributed by atoms with Crippen LogP contribution >= 0.6 is 0 Å². The third-order valence-electron chi connectivity index (χ3n) is 4.04. The topological polar surface area (TPSA) is 75.2 Å². The summed E-state index contributed by atoms with van der Waals surface area (Å²) >= 11 is 0. The van der Waals surface area contributed by atoms with E-state index in [-0.39, 0.29) is 0 Å². The van der Waals surface area contributed by atoms with Gasteiger partial charge in [-0.1, -0.05) is 12.1 Å². The van der Waals surface area contributed by atoms with Crippen molar-refractivity contribution in [3.63, 3.8) is 0 Å². The van der Waals surface area contributed by atoms with Crippen molar-refractivity contribution < 1.29 is 4.74 Å². The molecule has 1 aromatic carbocycles. The summed E-state index contributed by atoms with van der Waals surface area (Å²) in [5, 5.41) is 14.6. The van der Waals surface area contributed by atoms with E-state index in [1.807, 2.05) is 0 Å². The summed E-state index contributed by atoms with van der Waals surface area (Å²) in [5.74, 6) is 1.23. The van der Waals surface area contributed by atoms with Crippen LogP contribution in [0.5, 0.6) is 0 Å². The Balaban J connectivity index is 1.56. The molecule has 1 saturated heterocycles. The van der Waals surface area contributed by atoms with Crippen LogP contribution in [0.4, 0.5) is 17.5 Å². The van der Waals surface area contributed by atoms with Crippen molar-refractivity contribution in [3.8, 4) is 0 Å². The molecule has 1 fully saturated rings. The summed E-state index contributed by atoms with van der Waals surface area (Å²) in [7, 11) is 0. The van der Waals surface area contributed by atoms with Gasteiger partial charge in [-0.15, -0.1) is 5.10 Å². The Labute approximate surface area is 142 Å². The van der Waals surface area contributed by atoms with E-state index in [9.17, 15) is 0 Å². The zero-order valence-electron chi connectivity index (χ0n) is 14.2. The average molecular weight is 328 g/mol. The lowest BCUT2D eigenvalue weighted by molar-refractivity contribution is 0.0398. The number of nitrogens with one attached hydrogen (secondary N) is 2. The van der Waals surface area contributed by atoms with E-state index in [0.717, 1.165) is 56.5 Å². The van der Waals surface area contributed by atoms with Gasteiger partial charge in [0.2, 0.25) is 5.95 Å². The van der Waals surface area contributed by atoms with Gasteiger partial charge in [0.25, 0.3) is 0 Å². The van der Waals surface area contributed by atoms with Crippen LogP contribution in [-0.4, -0.2) is 59.5 Å². The van der Waals surface area contributed by atoms with Gasteiger partial charge < -0.3 is 15.4 Å². The fourth-order valence-corrected chi connectivity index (χ4v) is 2.60. The molecule has 0 atom stereocenters. The monoisotopic (exact) mass is 328 g/mol. The van der Waals surface area contributed by atoms with Crippen molar-refractivity contribution in [2.45, 2.75) is 13.8 Å². The van der Waals surface area contributed by atoms with Crippen LogP contribution in [0.25, 0.3) is 0 Å². The number of aryl methyl sites for hydroxylation is 2. The highest BCUT2D eigenvalue weighted by molar-refractivity contribution is 5.59. The second-order valence-corrected chi connectivity index (χ2v) is 5.99. The number of hydrogen-bond acceptors (Lipinski definition) is 7. The van der Waals surface area contributed by atoms with Crippen LogP contribution in [-0.2, 0) is 4.74 Å². The molecule has 0 amide bonds. The first-order chi connectivity index (χ1) is 11.7. The second-order valence-electron chi connectivity index (χ2n) is 5.99. The summed E-state index contributed by atoms with van der Waals surface area (Å²) in [6.07, 6.45) is 1.65. The predicted octanol–water partition coefficient (Wildman–Crippen LogP) is 1.98. The SMILES string of the molecule is Cc1ccc(C)c(Nc2nncc(NCCN3CCOCC3)n2)c1. The molecule has 24 heavy (non-hydrogen) atoms. The molecule has 1 aliphatic rings. The predicted molar refractivity (Wildman–Crippen MR) is 94.8 cm³/mol. The lowest BCUT2D eigenvalue weighted by Crippen LogP contribution is -2.39. The van der Waals surface area contributed by atoms with Crippen molar-refractivity contribution in [3.05, 3.63) is 35.5 Å². The summed E-state index contributed by atoms with van der Waals surface area (Å²) < 4.78 is 5.35. The number of ether oxygens (including phenoxy) is 1. The van der Waals surface area contributed by atoms with Gasteiger partial charge in [-0.25, -0.2) is 0 Å². The van der Waals surface area contributed by atoms with Gasteiger partial charge in [-0.2, -0.15) is 10.1 Å². The zero-order chi connectivity index (χ0) is 16.8. The standard InChI is InChI=1S/C17H24N6O/c1-13-3-4-14(2)15(11-13)20-17-21-16(12-19-22-17)18-5-6-23-7-9-24-10-8-23/h3-4,11-12H,5-10H2,1-2H3,(H2,18,20,21,22). The van der Waals surface area contributed by atoms with E-state index in [4.69, 9.17) is 4.74 Å². The molecule has 128 valence electrons. The van der Waals surface area contributed by atoms with Crippen LogP contribution in [0.3, 0.4) is 0 Å². The van der Waals surface area contributed by atoms with Gasteiger partial charge in [-0.3, -0.25) is 4.90 Å². The lowest BCUT2D eigenvalue weighted by Gasteiger charge is -2.26. The maximum absolute atomic E-state index is 5.35. The molecule has 0 saturated carbocycles. The van der Waals surface area contributed by atoms with Crippen LogP contribution in [0.1, 0.15) is 11.1 Å². The molecule has 2 heterocycles. The molecule has 2 aromatic rings. The van der Waals surface area contributed by atoms with Crippen LogP contribution in [0.15, 0.2) is 24.4 Å². The number of morpholine rings is 1. The Morgan fingerprint density at radius 3 is 2.88 bits per heavy atom. The number of nitrogens with zero attached hydrogens (tertiary/aromatic N) is 4. The molecule has 3 rings (SSSR count). The molecule has 1 aromatic heterocycles. The van der Waals surface area contributed by atoms with E-state index >= 15 is 0 Å². The molecule has 0 bridgehead atoms. The lowest BCUT2D eigenvalue weighted by atomic mass is 10.1. The number of hydrogen-bond donors (Lipinski definition) is 2. The summed E-state index contributed by atoms with van der Waals surface area (Å²) in [5.41, 5.74) is 3.34. The molecule has 0 spiro atoms. The van der Waals surface area contributed by atoms with Crippen LogP contribution in [0.2, 0.25) is 0 Å². The van der Waals surface area contributed by atoms with Crippen molar-refractivity contribution in [1.29, 1.82) is 0 Å². The fourth-order valence-electron chi connectivity index (χ4n) is 2.60. The minimum Gasteiger partial charge on any atom is -0.379 e. The minimum absolute atomic E-state index is 0.500. The fraction of sp³-hybridized carbons (Fsp3) is 0.471. The van der Waals surface area contributed by atoms with Gasteiger partial charge in [0.15, 0.2) is 5.82 Å². The molecular weight excluding hydrogens is 304 g/mol. The van der Waals surface area contributed by atoms with Gasteiger partial charge >= 0.3 is 0 Å². The highest BCUT2D eigenvalue weighted by Crippen LogP contribution is 2.19. The third kappa shape index (κ3) is 4.62. The highest BCUT2D eigenvalue weighted by Gasteiger charge is 2.09. The molecule has 2 N–H and O–H groups in total. The van der Waals surface area contributed by atoms with Gasteiger partial charge in [0.1, 0.15) is 0 Å². The Morgan fingerprint density at radius 1 is 1.21 bits per heavy atom.